The van der Waals surface area contributed by atoms with Crippen LogP contribution in [-0.4, -0.2) is 129 Å². The lowest BCUT2D eigenvalue weighted by Crippen LogP contribution is -2.09. The number of phenolic OH excluding ortho intramolecular Hbond substituents is 1. The van der Waals surface area contributed by atoms with Crippen molar-refractivity contribution in [2.24, 2.45) is 0 Å². The van der Waals surface area contributed by atoms with Crippen molar-refractivity contribution in [3.05, 3.63) is 183 Å². The molecule has 80 heavy (non-hydrogen) atoms. The van der Waals surface area contributed by atoms with E-state index < -0.39 is 29.6 Å². The summed E-state index contributed by atoms with van der Waals surface area (Å²) in [5.41, 5.74) is 6.60. The molecule has 0 amide bonds. The van der Waals surface area contributed by atoms with Crippen LogP contribution < -0.4 is 0 Å². The Balaban J connectivity index is 0.000000161. The summed E-state index contributed by atoms with van der Waals surface area (Å²) in [6.07, 6.45) is 3.97. The first-order valence-corrected chi connectivity index (χ1v) is 23.3. The van der Waals surface area contributed by atoms with E-state index in [0.29, 0.717) is 39.7 Å². The van der Waals surface area contributed by atoms with Crippen LogP contribution in [0.3, 0.4) is 0 Å². The molecule has 7 N–H and O–H groups in total. The molecule has 0 spiro atoms. The molecule has 0 aliphatic rings. The number of benzene rings is 5. The first-order valence-electron chi connectivity index (χ1n) is 23.3. The maximum atomic E-state index is 12.7. The van der Waals surface area contributed by atoms with Gasteiger partial charge in [-0.25, -0.2) is 37.8 Å². The number of aryl methyl sites for hydroxylation is 8. The maximum Gasteiger partial charge on any atom is 0.416 e. The van der Waals surface area contributed by atoms with Crippen molar-refractivity contribution in [2.75, 3.05) is 0 Å². The van der Waals surface area contributed by atoms with Crippen molar-refractivity contribution in [1.82, 2.24) is 75.0 Å². The van der Waals surface area contributed by atoms with Gasteiger partial charge in [-0.2, -0.15) is 13.2 Å². The Kier molecular flexibility index (Phi) is 18.2. The summed E-state index contributed by atoms with van der Waals surface area (Å²) >= 11 is 0. The van der Waals surface area contributed by atoms with Gasteiger partial charge in [0.15, 0.2) is 5.75 Å². The van der Waals surface area contributed by atoms with Gasteiger partial charge >= 0.3 is 24.1 Å². The average molecular weight is 1100 g/mol. The number of hydrogen-bond acceptors (Lipinski definition) is 17. The van der Waals surface area contributed by atoms with Gasteiger partial charge in [-0.3, -0.25) is 0 Å². The minimum Gasteiger partial charge on any atom is -0.508 e. The van der Waals surface area contributed by atoms with Gasteiger partial charge in [0.05, 0.1) is 87.8 Å². The number of carbonyl (C=O) groups is 3. The number of carboxylic acids is 3. The molecule has 5 heterocycles. The van der Waals surface area contributed by atoms with E-state index in [1.54, 1.807) is 94.4 Å². The summed E-state index contributed by atoms with van der Waals surface area (Å²) in [5.74, 6) is -4.08. The van der Waals surface area contributed by atoms with Crippen LogP contribution in [0.25, 0.3) is 28.4 Å². The number of aromatic nitrogens is 15. The van der Waals surface area contributed by atoms with E-state index in [1.165, 1.54) is 62.0 Å². The number of carboxylic acid groups (broad SMARTS) is 3. The van der Waals surface area contributed by atoms with Crippen molar-refractivity contribution in [3.63, 3.8) is 0 Å². The Morgan fingerprint density at radius 2 is 0.800 bits per heavy atom. The van der Waals surface area contributed by atoms with Gasteiger partial charge in [-0.1, -0.05) is 44.3 Å². The molecule has 28 heteroatoms. The summed E-state index contributed by atoms with van der Waals surface area (Å²) in [6.45, 7) is 13.8. The largest absolute Gasteiger partial charge is 0.508 e. The zero-order valence-electron chi connectivity index (χ0n) is 43.7. The van der Waals surface area contributed by atoms with Crippen LogP contribution in [0.4, 0.5) is 13.2 Å². The van der Waals surface area contributed by atoms with Crippen molar-refractivity contribution < 1.29 is 63.3 Å². The monoisotopic (exact) mass is 1100 g/mol. The molecular weight excluding hydrogens is 1050 g/mol. The lowest BCUT2D eigenvalue weighted by atomic mass is 10.1. The van der Waals surface area contributed by atoms with Crippen molar-refractivity contribution >= 4 is 17.9 Å². The van der Waals surface area contributed by atoms with Gasteiger partial charge in [-0.05, 0) is 133 Å². The molecule has 0 fully saturated rings. The zero-order chi connectivity index (χ0) is 58.7. The molecule has 0 saturated heterocycles. The highest BCUT2D eigenvalue weighted by molar-refractivity contribution is 5.93. The molecule has 0 unspecified atom stereocenters. The van der Waals surface area contributed by atoms with Crippen LogP contribution in [0.15, 0.2) is 116 Å². The summed E-state index contributed by atoms with van der Waals surface area (Å²) in [5, 5.41) is 103. The van der Waals surface area contributed by atoms with E-state index in [1.807, 2.05) is 32.2 Å². The third-order valence-corrected chi connectivity index (χ3v) is 11.0. The highest BCUT2D eigenvalue weighted by Gasteiger charge is 2.32. The number of halogens is 3. The number of aromatic hydroxyl groups is 4. The number of aromatic carboxylic acids is 3. The Morgan fingerprint density at radius 3 is 1.23 bits per heavy atom. The van der Waals surface area contributed by atoms with E-state index in [9.17, 15) is 48.0 Å². The van der Waals surface area contributed by atoms with Gasteiger partial charge in [0.1, 0.15) is 39.6 Å². The average Bonchev–Trinajstić information content (AvgIpc) is 4.28. The smallest absolute Gasteiger partial charge is 0.416 e. The zero-order valence-corrected chi connectivity index (χ0v) is 43.7. The Bertz CT molecular complexity index is 3830. The highest BCUT2D eigenvalue weighted by atomic mass is 19.4. The molecule has 5 aromatic heterocycles. The number of phenols is 4. The standard InChI is InChI=1S/C11H10F3N3.C11H11N3O3.2C10H9N3O3.C10H11N3O/c1-7-3-4-9(5-10(7)11(12,13)14)17-6-8(2)15-16-17;1-6-3-8(14-5-7(2)12-13-14)4-9(10(6)15)11(16)17;1-6-5-13(12-11-6)7-2-3-9(14)8(4-7)10(15)16;1-6-5-13(12-11-6)8-4-2-3-7(9(8)14)10(15)16;1-7-3-4-9(5-10(7)14)13-6-8(2)11-12-13/h3-6H,1-2H3;3-5,15H,1-2H3,(H,16,17);2*2-5,14H,1H3,(H,15,16);3-6,14H,1-2H3. The van der Waals surface area contributed by atoms with Crippen molar-refractivity contribution in [2.45, 2.75) is 61.6 Å². The van der Waals surface area contributed by atoms with Gasteiger partial charge in [0.2, 0.25) is 0 Å². The van der Waals surface area contributed by atoms with Crippen molar-refractivity contribution in [3.8, 4) is 51.4 Å². The third kappa shape index (κ3) is 14.8. The van der Waals surface area contributed by atoms with E-state index >= 15 is 0 Å². The summed E-state index contributed by atoms with van der Waals surface area (Å²) in [6, 6.07) is 21.1. The maximum absolute atomic E-state index is 12.7. The second kappa shape index (κ2) is 24.9. The number of alkyl halides is 3. The molecule has 0 saturated carbocycles. The molecule has 0 radical (unpaired) electrons. The predicted molar refractivity (Wildman–Crippen MR) is 277 cm³/mol. The molecule has 25 nitrogen and oxygen atoms in total. The van der Waals surface area contributed by atoms with Crippen LogP contribution in [0, 0.1) is 55.4 Å². The van der Waals surface area contributed by atoms with E-state index in [-0.39, 0.29) is 45.3 Å². The van der Waals surface area contributed by atoms with Crippen LogP contribution in [0.1, 0.15) is 81.8 Å². The minimum absolute atomic E-state index is 0.145. The Morgan fingerprint density at radius 1 is 0.400 bits per heavy atom. The SMILES string of the molecule is Cc1cn(-c2cc(C)c(O)c(C(=O)O)c2)nn1.Cc1cn(-c2ccc(C)c(C(F)(F)F)c2)nn1.Cc1cn(-c2ccc(C)c(O)c2)nn1.Cc1cn(-c2ccc(O)c(C(=O)O)c2)nn1.Cc1cn(-c2cccc(C(=O)O)c2O)nn1. The van der Waals surface area contributed by atoms with Gasteiger partial charge in [0, 0.05) is 6.07 Å². The van der Waals surface area contributed by atoms with Crippen molar-refractivity contribution in [1.29, 1.82) is 0 Å². The molecule has 5 aromatic carbocycles. The molecule has 10 rings (SSSR count). The first-order chi connectivity index (χ1) is 37.7. The number of hydrogen-bond donors (Lipinski definition) is 7. The van der Waals surface area contributed by atoms with Crippen LogP contribution in [0.2, 0.25) is 0 Å². The molecule has 0 bridgehead atoms. The second-order valence-electron chi connectivity index (χ2n) is 17.4. The lowest BCUT2D eigenvalue weighted by molar-refractivity contribution is -0.138. The number of nitrogens with zero attached hydrogens (tertiary/aromatic N) is 15. The number of para-hydroxylation sites is 1. The fraction of sp³-hybridized carbons (Fsp3) is 0.173. The topological polar surface area (TPSA) is 346 Å². The predicted octanol–water partition coefficient (Wildman–Crippen LogP) is 7.74. The summed E-state index contributed by atoms with van der Waals surface area (Å²) in [7, 11) is 0. The van der Waals surface area contributed by atoms with E-state index in [2.05, 4.69) is 51.6 Å². The molecule has 414 valence electrons. The van der Waals surface area contributed by atoms with E-state index in [4.69, 9.17) is 15.3 Å². The first kappa shape index (κ1) is 58.5. The minimum atomic E-state index is -4.35. The second-order valence-corrected chi connectivity index (χ2v) is 17.4. The summed E-state index contributed by atoms with van der Waals surface area (Å²) in [4.78, 5) is 32.6. The van der Waals surface area contributed by atoms with Crippen LogP contribution in [-0.2, 0) is 6.18 Å². The van der Waals surface area contributed by atoms with Crippen LogP contribution in [0.5, 0.6) is 23.0 Å². The quantitative estimate of drug-likeness (QED) is 0.0764. The Labute approximate surface area is 451 Å². The molecule has 0 atom stereocenters. The van der Waals surface area contributed by atoms with E-state index in [0.717, 1.165) is 34.4 Å². The lowest BCUT2D eigenvalue weighted by Gasteiger charge is -2.11. The normalized spacial score (nSPS) is 10.7. The van der Waals surface area contributed by atoms with Gasteiger partial charge in [0.25, 0.3) is 0 Å². The van der Waals surface area contributed by atoms with Crippen LogP contribution >= 0.6 is 0 Å². The molecular formula is C52H50F3N15O10. The number of rotatable bonds is 8. The molecule has 10 aromatic rings. The fourth-order valence-electron chi connectivity index (χ4n) is 6.94. The summed E-state index contributed by atoms with van der Waals surface area (Å²) < 4.78 is 45.3. The van der Waals surface area contributed by atoms with Gasteiger partial charge in [-0.15, -0.1) is 25.5 Å². The molecule has 0 aliphatic carbocycles. The fourth-order valence-corrected chi connectivity index (χ4v) is 6.94. The third-order valence-electron chi connectivity index (χ3n) is 11.0. The Hall–Kier alpha value is -10.8. The molecule has 0 aliphatic heterocycles. The van der Waals surface area contributed by atoms with Gasteiger partial charge < -0.3 is 35.7 Å². The highest BCUT2D eigenvalue weighted by Crippen LogP contribution is 2.33.